The normalized spacial score (nSPS) is 19.2. The zero-order valence-corrected chi connectivity index (χ0v) is 10.8. The molecular formula is C14H15N3O3. The first-order valence-electron chi connectivity index (χ1n) is 6.42. The summed E-state index contributed by atoms with van der Waals surface area (Å²) in [6.45, 7) is 0.941. The Hall–Kier alpha value is -2.34. The first kappa shape index (κ1) is 12.7. The van der Waals surface area contributed by atoms with E-state index in [9.17, 15) is 9.59 Å². The summed E-state index contributed by atoms with van der Waals surface area (Å²) in [4.78, 5) is 28.7. The average Bonchev–Trinajstić information content (AvgIpc) is 2.94. The second-order valence-corrected chi connectivity index (χ2v) is 4.74. The van der Waals surface area contributed by atoms with Crippen molar-refractivity contribution in [3.8, 4) is 0 Å². The Labute approximate surface area is 115 Å². The molecule has 104 valence electrons. The van der Waals surface area contributed by atoms with Crippen LogP contribution >= 0.6 is 0 Å². The Balaban J connectivity index is 1.98. The molecule has 1 atom stereocenters. The van der Waals surface area contributed by atoms with Crippen LogP contribution in [0.2, 0.25) is 0 Å². The number of hydrogen-bond acceptors (Lipinski definition) is 3. The number of H-pyrrole nitrogens is 1. The van der Waals surface area contributed by atoms with E-state index in [2.05, 4.69) is 4.98 Å². The fourth-order valence-corrected chi connectivity index (χ4v) is 2.51. The van der Waals surface area contributed by atoms with Crippen LogP contribution in [0.15, 0.2) is 30.5 Å². The molecule has 1 aromatic heterocycles. The number of nitrogens with one attached hydrogen (secondary N) is 1. The van der Waals surface area contributed by atoms with Crippen molar-refractivity contribution in [2.24, 2.45) is 5.73 Å². The van der Waals surface area contributed by atoms with Gasteiger partial charge in [0.15, 0.2) is 0 Å². The Kier molecular flexibility index (Phi) is 3.15. The molecule has 1 aliphatic rings. The molecule has 1 saturated heterocycles. The monoisotopic (exact) mass is 273 g/mol. The molecule has 1 unspecified atom stereocenters. The van der Waals surface area contributed by atoms with Crippen LogP contribution in [0.25, 0.3) is 10.9 Å². The molecule has 0 aliphatic carbocycles. The average molecular weight is 273 g/mol. The number of fused-ring (bicyclic) bond motifs is 1. The maximum atomic E-state index is 12.7. The lowest BCUT2D eigenvalue weighted by molar-refractivity contribution is -0.127. The molecule has 3 rings (SSSR count). The lowest BCUT2D eigenvalue weighted by Crippen LogP contribution is -2.54. The van der Waals surface area contributed by atoms with Gasteiger partial charge in [-0.3, -0.25) is 9.59 Å². The summed E-state index contributed by atoms with van der Waals surface area (Å²) >= 11 is 0. The summed E-state index contributed by atoms with van der Waals surface area (Å²) < 4.78 is 5.23. The number of hydrogen-bond donors (Lipinski definition) is 2. The van der Waals surface area contributed by atoms with Crippen molar-refractivity contribution in [1.29, 1.82) is 0 Å². The number of aromatic nitrogens is 1. The Morgan fingerprint density at radius 1 is 1.35 bits per heavy atom. The van der Waals surface area contributed by atoms with E-state index in [1.54, 1.807) is 12.3 Å². The summed E-state index contributed by atoms with van der Waals surface area (Å²) in [5.41, 5.74) is 6.80. The van der Waals surface area contributed by atoms with Gasteiger partial charge in [0.25, 0.3) is 5.91 Å². The van der Waals surface area contributed by atoms with E-state index in [-0.39, 0.29) is 12.5 Å². The Bertz CT molecular complexity index is 664. The van der Waals surface area contributed by atoms with Crippen LogP contribution in [0.4, 0.5) is 0 Å². The molecule has 6 nitrogen and oxygen atoms in total. The number of primary amides is 1. The molecular weight excluding hydrogens is 258 g/mol. The Morgan fingerprint density at radius 2 is 2.20 bits per heavy atom. The fourth-order valence-electron chi connectivity index (χ4n) is 2.51. The van der Waals surface area contributed by atoms with E-state index in [0.717, 1.165) is 10.9 Å². The van der Waals surface area contributed by atoms with Gasteiger partial charge in [0, 0.05) is 29.2 Å². The van der Waals surface area contributed by atoms with Crippen LogP contribution in [0.3, 0.4) is 0 Å². The molecule has 0 bridgehead atoms. The highest BCUT2D eigenvalue weighted by Gasteiger charge is 2.32. The SMILES string of the molecule is NC(=O)C1COCCN1C(=O)c1cccc2[nH]ccc12. The van der Waals surface area contributed by atoms with Crippen LogP contribution in [-0.4, -0.2) is 47.5 Å². The number of morpholine rings is 1. The number of carbonyl (C=O) groups excluding carboxylic acids is 2. The summed E-state index contributed by atoms with van der Waals surface area (Å²) in [5, 5.41) is 0.840. The largest absolute Gasteiger partial charge is 0.377 e. The molecule has 1 aromatic carbocycles. The maximum absolute atomic E-state index is 12.7. The van der Waals surface area contributed by atoms with Crippen LogP contribution < -0.4 is 5.73 Å². The van der Waals surface area contributed by atoms with E-state index in [0.29, 0.717) is 18.7 Å². The van der Waals surface area contributed by atoms with Crippen LogP contribution in [-0.2, 0) is 9.53 Å². The highest BCUT2D eigenvalue weighted by Crippen LogP contribution is 2.21. The molecule has 6 heteroatoms. The van der Waals surface area contributed by atoms with Crippen molar-refractivity contribution in [2.45, 2.75) is 6.04 Å². The number of ether oxygens (including phenoxy) is 1. The number of aromatic amines is 1. The standard InChI is InChI=1S/C14H15N3O3/c15-13(18)12-8-20-7-6-17(12)14(19)10-2-1-3-11-9(10)4-5-16-11/h1-5,12,16H,6-8H2,(H2,15,18). The van der Waals surface area contributed by atoms with Gasteiger partial charge in [-0.05, 0) is 18.2 Å². The number of amides is 2. The van der Waals surface area contributed by atoms with Gasteiger partial charge >= 0.3 is 0 Å². The van der Waals surface area contributed by atoms with Crippen molar-refractivity contribution in [1.82, 2.24) is 9.88 Å². The van der Waals surface area contributed by atoms with Crippen LogP contribution in [0, 0.1) is 0 Å². The summed E-state index contributed by atoms with van der Waals surface area (Å²) in [7, 11) is 0. The molecule has 2 aromatic rings. The zero-order chi connectivity index (χ0) is 14.1. The molecule has 1 fully saturated rings. The van der Waals surface area contributed by atoms with E-state index < -0.39 is 11.9 Å². The van der Waals surface area contributed by atoms with Crippen molar-refractivity contribution >= 4 is 22.7 Å². The highest BCUT2D eigenvalue weighted by molar-refractivity contribution is 6.07. The van der Waals surface area contributed by atoms with E-state index >= 15 is 0 Å². The van der Waals surface area contributed by atoms with Crippen LogP contribution in [0.5, 0.6) is 0 Å². The van der Waals surface area contributed by atoms with Crippen molar-refractivity contribution in [3.05, 3.63) is 36.0 Å². The fraction of sp³-hybridized carbons (Fsp3) is 0.286. The van der Waals surface area contributed by atoms with Gasteiger partial charge in [0.05, 0.1) is 13.2 Å². The van der Waals surface area contributed by atoms with Crippen LogP contribution in [0.1, 0.15) is 10.4 Å². The van der Waals surface area contributed by atoms with Gasteiger partial charge in [-0.2, -0.15) is 0 Å². The summed E-state index contributed by atoms with van der Waals surface area (Å²) in [6.07, 6.45) is 1.78. The summed E-state index contributed by atoms with van der Waals surface area (Å²) in [6, 6.07) is 6.61. The summed E-state index contributed by atoms with van der Waals surface area (Å²) in [5.74, 6) is -0.735. The van der Waals surface area contributed by atoms with Gasteiger partial charge in [0.1, 0.15) is 6.04 Å². The minimum Gasteiger partial charge on any atom is -0.377 e. The third-order valence-electron chi connectivity index (χ3n) is 3.54. The molecule has 0 saturated carbocycles. The minimum absolute atomic E-state index is 0.157. The van der Waals surface area contributed by atoms with E-state index in [1.807, 2.05) is 18.2 Å². The second-order valence-electron chi connectivity index (χ2n) is 4.74. The molecule has 0 spiro atoms. The smallest absolute Gasteiger partial charge is 0.255 e. The second kappa shape index (κ2) is 4.97. The zero-order valence-electron chi connectivity index (χ0n) is 10.8. The van der Waals surface area contributed by atoms with Gasteiger partial charge in [-0.15, -0.1) is 0 Å². The molecule has 1 aliphatic heterocycles. The minimum atomic E-state index is -0.703. The lowest BCUT2D eigenvalue weighted by atomic mass is 10.1. The first-order chi connectivity index (χ1) is 9.68. The number of benzene rings is 1. The van der Waals surface area contributed by atoms with Crippen molar-refractivity contribution in [3.63, 3.8) is 0 Å². The Morgan fingerprint density at radius 3 is 3.00 bits per heavy atom. The number of nitrogens with two attached hydrogens (primary N) is 1. The van der Waals surface area contributed by atoms with Gasteiger partial charge in [-0.25, -0.2) is 0 Å². The molecule has 0 radical (unpaired) electrons. The topological polar surface area (TPSA) is 88.4 Å². The van der Waals surface area contributed by atoms with Crippen molar-refractivity contribution < 1.29 is 14.3 Å². The van der Waals surface area contributed by atoms with Gasteiger partial charge < -0.3 is 20.4 Å². The maximum Gasteiger partial charge on any atom is 0.255 e. The van der Waals surface area contributed by atoms with Gasteiger partial charge in [0.2, 0.25) is 5.91 Å². The third kappa shape index (κ3) is 2.04. The number of rotatable bonds is 2. The first-order valence-corrected chi connectivity index (χ1v) is 6.42. The molecule has 2 amide bonds. The predicted octanol–water partition coefficient (Wildman–Crippen LogP) is 0.494. The number of nitrogens with zero attached hydrogens (tertiary/aromatic N) is 1. The highest BCUT2D eigenvalue weighted by atomic mass is 16.5. The molecule has 2 heterocycles. The number of carbonyl (C=O) groups is 2. The van der Waals surface area contributed by atoms with Gasteiger partial charge in [-0.1, -0.05) is 6.07 Å². The quantitative estimate of drug-likeness (QED) is 0.834. The third-order valence-corrected chi connectivity index (χ3v) is 3.54. The van der Waals surface area contributed by atoms with Crippen molar-refractivity contribution in [2.75, 3.05) is 19.8 Å². The lowest BCUT2D eigenvalue weighted by Gasteiger charge is -2.33. The molecule has 20 heavy (non-hydrogen) atoms. The molecule has 3 N–H and O–H groups in total. The van der Waals surface area contributed by atoms with E-state index in [1.165, 1.54) is 4.90 Å². The predicted molar refractivity (Wildman–Crippen MR) is 73.1 cm³/mol. The van der Waals surface area contributed by atoms with E-state index in [4.69, 9.17) is 10.5 Å².